The SMILES string of the molecule is CC(=O)OCc1n[c]([Sn]([CH3])([CH3])[CH3])cs1. The third-order valence-corrected chi connectivity index (χ3v) is 8.26. The van der Waals surface area contributed by atoms with E-state index in [1.54, 1.807) is 11.3 Å². The zero-order valence-corrected chi connectivity index (χ0v) is 12.6. The van der Waals surface area contributed by atoms with E-state index in [1.807, 2.05) is 0 Å². The molecule has 0 unspecified atom stereocenters. The van der Waals surface area contributed by atoms with Crippen LogP contribution >= 0.6 is 11.3 Å². The van der Waals surface area contributed by atoms with Gasteiger partial charge in [-0.05, 0) is 0 Å². The van der Waals surface area contributed by atoms with Gasteiger partial charge in [-0.15, -0.1) is 0 Å². The van der Waals surface area contributed by atoms with Crippen LogP contribution in [0.3, 0.4) is 0 Å². The predicted octanol–water partition coefficient (Wildman–Crippen LogP) is 1.75. The molecule has 0 N–H and O–H groups in total. The van der Waals surface area contributed by atoms with Gasteiger partial charge in [0, 0.05) is 0 Å². The van der Waals surface area contributed by atoms with Gasteiger partial charge < -0.3 is 0 Å². The molecule has 0 bridgehead atoms. The first-order valence-corrected chi connectivity index (χ1v) is 15.3. The van der Waals surface area contributed by atoms with Crippen molar-refractivity contribution in [2.24, 2.45) is 0 Å². The van der Waals surface area contributed by atoms with E-state index in [2.05, 4.69) is 25.2 Å². The van der Waals surface area contributed by atoms with E-state index in [4.69, 9.17) is 4.74 Å². The van der Waals surface area contributed by atoms with Crippen LogP contribution in [0.25, 0.3) is 0 Å². The van der Waals surface area contributed by atoms with E-state index in [9.17, 15) is 4.79 Å². The molecular weight excluding hydrogens is 305 g/mol. The van der Waals surface area contributed by atoms with Gasteiger partial charge in [0.2, 0.25) is 0 Å². The van der Waals surface area contributed by atoms with E-state index in [0.29, 0.717) is 6.61 Å². The first kappa shape index (κ1) is 12.0. The van der Waals surface area contributed by atoms with E-state index in [-0.39, 0.29) is 5.97 Å². The van der Waals surface area contributed by atoms with Gasteiger partial charge in [0.05, 0.1) is 0 Å². The number of rotatable bonds is 3. The van der Waals surface area contributed by atoms with Crippen LogP contribution in [-0.4, -0.2) is 29.3 Å². The van der Waals surface area contributed by atoms with Gasteiger partial charge in [0.1, 0.15) is 0 Å². The quantitative estimate of drug-likeness (QED) is 0.629. The van der Waals surface area contributed by atoms with Crippen LogP contribution in [0, 0.1) is 0 Å². The second-order valence-electron chi connectivity index (χ2n) is 4.16. The second kappa shape index (κ2) is 4.61. The Hall–Kier alpha value is -0.101. The molecule has 3 nitrogen and oxygen atoms in total. The normalized spacial score (nSPS) is 11.4. The number of hydrogen-bond acceptors (Lipinski definition) is 4. The monoisotopic (exact) mass is 321 g/mol. The third-order valence-electron chi connectivity index (χ3n) is 1.72. The summed E-state index contributed by atoms with van der Waals surface area (Å²) in [6.07, 6.45) is 0. The number of carbonyl (C=O) groups is 1. The molecule has 0 saturated carbocycles. The summed E-state index contributed by atoms with van der Waals surface area (Å²) in [5.74, 6) is -0.249. The fourth-order valence-electron chi connectivity index (χ4n) is 0.885. The Labute approximate surface area is 92.4 Å². The number of aromatic nitrogens is 1. The van der Waals surface area contributed by atoms with Gasteiger partial charge in [-0.25, -0.2) is 0 Å². The van der Waals surface area contributed by atoms with Gasteiger partial charge in [-0.2, -0.15) is 0 Å². The van der Waals surface area contributed by atoms with E-state index < -0.39 is 18.4 Å². The van der Waals surface area contributed by atoms with Crippen molar-refractivity contribution in [3.8, 4) is 0 Å². The van der Waals surface area contributed by atoms with Crippen molar-refractivity contribution in [2.45, 2.75) is 28.3 Å². The minimum absolute atomic E-state index is 0.249. The van der Waals surface area contributed by atoms with Crippen LogP contribution in [0.2, 0.25) is 14.8 Å². The Kier molecular flexibility index (Phi) is 3.94. The number of hydrogen-bond donors (Lipinski definition) is 0. The van der Waals surface area contributed by atoms with Gasteiger partial charge in [0.15, 0.2) is 0 Å². The van der Waals surface area contributed by atoms with E-state index in [0.717, 1.165) is 5.01 Å². The molecule has 1 aromatic heterocycles. The van der Waals surface area contributed by atoms with Crippen molar-refractivity contribution in [1.29, 1.82) is 0 Å². The molecule has 0 aliphatic rings. The molecule has 5 heteroatoms. The first-order chi connectivity index (χ1) is 6.39. The van der Waals surface area contributed by atoms with E-state index >= 15 is 0 Å². The standard InChI is InChI=1S/C6H6NO2S.3CH3.Sn/c1-5(8)9-4-6-7-2-3-10-6;;;;/h3H,4H2,1H3;3*1H3;. The molecule has 1 aromatic rings. The van der Waals surface area contributed by atoms with Crippen LogP contribution in [0.15, 0.2) is 5.38 Å². The van der Waals surface area contributed by atoms with Crippen LogP contribution in [0.4, 0.5) is 0 Å². The summed E-state index contributed by atoms with van der Waals surface area (Å²) in [4.78, 5) is 22.0. The number of ether oxygens (including phenoxy) is 1. The number of thiazole rings is 1. The van der Waals surface area contributed by atoms with Crippen molar-refractivity contribution >= 4 is 39.4 Å². The molecule has 0 aliphatic heterocycles. The predicted molar refractivity (Wildman–Crippen MR) is 60.6 cm³/mol. The zero-order chi connectivity index (χ0) is 10.8. The molecule has 14 heavy (non-hydrogen) atoms. The molecule has 0 spiro atoms. The van der Waals surface area contributed by atoms with Gasteiger partial charge in [0.25, 0.3) is 0 Å². The van der Waals surface area contributed by atoms with Crippen molar-refractivity contribution in [3.05, 3.63) is 10.4 Å². The Balaban J connectivity index is 2.64. The molecule has 1 heterocycles. The summed E-state index contributed by atoms with van der Waals surface area (Å²) >= 11 is -0.429. The summed E-state index contributed by atoms with van der Waals surface area (Å²) in [5.41, 5.74) is 0. The Morgan fingerprint density at radius 1 is 1.57 bits per heavy atom. The van der Waals surface area contributed by atoms with Crippen LogP contribution < -0.4 is 3.71 Å². The third kappa shape index (κ3) is 3.57. The summed E-state index contributed by atoms with van der Waals surface area (Å²) in [6, 6.07) is 0. The zero-order valence-electron chi connectivity index (χ0n) is 8.96. The average Bonchev–Trinajstić information content (AvgIpc) is 2.47. The molecule has 0 fully saturated rings. The summed E-state index contributed by atoms with van der Waals surface area (Å²) in [5, 5.41) is 3.01. The van der Waals surface area contributed by atoms with Crippen LogP contribution in [-0.2, 0) is 16.1 Å². The topological polar surface area (TPSA) is 39.2 Å². The number of carbonyl (C=O) groups excluding carboxylic acids is 1. The maximum absolute atomic E-state index is 10.6. The minimum atomic E-state index is -2.01. The second-order valence-corrected chi connectivity index (χ2v) is 19.4. The summed E-state index contributed by atoms with van der Waals surface area (Å²) < 4.78 is 6.14. The summed E-state index contributed by atoms with van der Waals surface area (Å²) in [6.45, 7) is 1.74. The fourth-order valence-corrected chi connectivity index (χ4v) is 6.92. The Morgan fingerprint density at radius 2 is 2.21 bits per heavy atom. The summed E-state index contributed by atoms with van der Waals surface area (Å²) in [7, 11) is 0. The van der Waals surface area contributed by atoms with Crippen LogP contribution in [0.1, 0.15) is 11.9 Å². The molecular formula is C9H15NO2SSn. The van der Waals surface area contributed by atoms with E-state index in [1.165, 1.54) is 10.6 Å². The maximum atomic E-state index is 10.6. The van der Waals surface area contributed by atoms with Crippen molar-refractivity contribution in [2.75, 3.05) is 0 Å². The van der Waals surface area contributed by atoms with Gasteiger partial charge in [-0.3, -0.25) is 0 Å². The molecule has 0 radical (unpaired) electrons. The van der Waals surface area contributed by atoms with Crippen molar-refractivity contribution in [1.82, 2.24) is 4.98 Å². The molecule has 1 rings (SSSR count). The molecule has 0 aliphatic carbocycles. The molecule has 0 amide bonds. The fraction of sp³-hybridized carbons (Fsp3) is 0.556. The van der Waals surface area contributed by atoms with Crippen molar-refractivity contribution < 1.29 is 9.53 Å². The van der Waals surface area contributed by atoms with Gasteiger partial charge >= 0.3 is 92.6 Å². The molecule has 0 saturated heterocycles. The van der Waals surface area contributed by atoms with Crippen molar-refractivity contribution in [3.63, 3.8) is 0 Å². The van der Waals surface area contributed by atoms with Crippen LogP contribution in [0.5, 0.6) is 0 Å². The molecule has 0 aromatic carbocycles. The Morgan fingerprint density at radius 3 is 2.64 bits per heavy atom. The molecule has 0 atom stereocenters. The first-order valence-electron chi connectivity index (χ1n) is 4.48. The number of nitrogens with zero attached hydrogens (tertiary/aromatic N) is 1. The average molecular weight is 320 g/mol. The molecule has 78 valence electrons. The van der Waals surface area contributed by atoms with Gasteiger partial charge in [-0.1, -0.05) is 0 Å². The number of esters is 1. The Bertz CT molecular complexity index is 330.